The lowest BCUT2D eigenvalue weighted by molar-refractivity contribution is 0.340. The Morgan fingerprint density at radius 2 is 0.923 bits per heavy atom. The predicted molar refractivity (Wildman–Crippen MR) is 160 cm³/mol. The third-order valence-electron chi connectivity index (χ3n) is 7.36. The largest absolute Gasteiger partial charge is 0.494 e. The zero-order valence-electron chi connectivity index (χ0n) is 23.3. The van der Waals surface area contributed by atoms with Crippen LogP contribution in [0.2, 0.25) is 0 Å². The summed E-state index contributed by atoms with van der Waals surface area (Å²) >= 11 is 0. The summed E-state index contributed by atoms with van der Waals surface area (Å²) in [6.07, 6.45) is 11.4. The topological polar surface area (TPSA) is 9.23 Å². The van der Waals surface area contributed by atoms with Crippen LogP contribution in [0.4, 0.5) is 8.78 Å². The molecule has 3 heteroatoms. The molecule has 0 bridgehead atoms. The normalized spacial score (nSPS) is 11.1. The molecular formula is C36H40F2O. The third kappa shape index (κ3) is 7.79. The summed E-state index contributed by atoms with van der Waals surface area (Å²) in [7, 11) is 0. The summed E-state index contributed by atoms with van der Waals surface area (Å²) in [6, 6.07) is 26.7. The van der Waals surface area contributed by atoms with Gasteiger partial charge in [0.05, 0.1) is 6.61 Å². The fraction of sp³-hybridized carbons (Fsp3) is 0.333. The van der Waals surface area contributed by atoms with Crippen LogP contribution >= 0.6 is 0 Å². The quantitative estimate of drug-likeness (QED) is 0.148. The van der Waals surface area contributed by atoms with Crippen LogP contribution in [0.3, 0.4) is 0 Å². The van der Waals surface area contributed by atoms with Crippen LogP contribution in [-0.4, -0.2) is 6.61 Å². The van der Waals surface area contributed by atoms with Crippen molar-refractivity contribution < 1.29 is 13.5 Å². The minimum absolute atomic E-state index is 0.265. The SMILES string of the molecule is CCCCCCCCCCc1ccc(-c2ccc(-c3ccc(-c4ccc(OCC)cc4)cc3)c(F)c2F)cc1. The molecule has 4 rings (SSSR count). The first-order chi connectivity index (χ1) is 19.1. The first-order valence-corrected chi connectivity index (χ1v) is 14.5. The van der Waals surface area contributed by atoms with Crippen LogP contribution < -0.4 is 4.74 Å². The van der Waals surface area contributed by atoms with E-state index >= 15 is 8.78 Å². The van der Waals surface area contributed by atoms with Gasteiger partial charge in [-0.25, -0.2) is 8.78 Å². The Kier molecular flexibility index (Phi) is 10.7. The Bertz CT molecular complexity index is 1290. The van der Waals surface area contributed by atoms with Crippen LogP contribution in [0.15, 0.2) is 84.9 Å². The highest BCUT2D eigenvalue weighted by Gasteiger charge is 2.16. The molecule has 0 radical (unpaired) electrons. The van der Waals surface area contributed by atoms with Crippen LogP contribution in [-0.2, 0) is 6.42 Å². The highest BCUT2D eigenvalue weighted by molar-refractivity contribution is 5.74. The molecule has 0 aliphatic carbocycles. The summed E-state index contributed by atoms with van der Waals surface area (Å²) in [5.74, 6) is -0.795. The van der Waals surface area contributed by atoms with Crippen LogP contribution in [0.1, 0.15) is 70.8 Å². The highest BCUT2D eigenvalue weighted by atomic mass is 19.2. The van der Waals surface area contributed by atoms with Crippen molar-refractivity contribution in [1.82, 2.24) is 0 Å². The van der Waals surface area contributed by atoms with Gasteiger partial charge in [-0.1, -0.05) is 125 Å². The standard InChI is InChI=1S/C36H40F2O/c1-3-5-6-7-8-9-10-11-12-27-13-15-30(16-14-27)33-25-26-34(36(38)35(33)37)31-19-17-28(18-20-31)29-21-23-32(24-22-29)39-4-2/h13-26H,3-12H2,1-2H3. The van der Waals surface area contributed by atoms with Crippen molar-refractivity contribution >= 4 is 0 Å². The molecule has 0 aromatic heterocycles. The number of rotatable bonds is 14. The fourth-order valence-corrected chi connectivity index (χ4v) is 5.06. The Balaban J connectivity index is 1.37. The van der Waals surface area contributed by atoms with Crippen molar-refractivity contribution in [1.29, 1.82) is 0 Å². The second-order valence-corrected chi connectivity index (χ2v) is 10.2. The first-order valence-electron chi connectivity index (χ1n) is 14.5. The van der Waals surface area contributed by atoms with E-state index in [9.17, 15) is 0 Å². The average molecular weight is 527 g/mol. The lowest BCUT2D eigenvalue weighted by Gasteiger charge is -2.11. The van der Waals surface area contributed by atoms with Crippen LogP contribution in [0.5, 0.6) is 5.75 Å². The number of hydrogen-bond donors (Lipinski definition) is 0. The van der Waals surface area contributed by atoms with E-state index in [4.69, 9.17) is 4.74 Å². The van der Waals surface area contributed by atoms with Gasteiger partial charge in [-0.15, -0.1) is 0 Å². The summed E-state index contributed by atoms with van der Waals surface area (Å²) in [4.78, 5) is 0. The molecule has 0 saturated carbocycles. The monoisotopic (exact) mass is 526 g/mol. The summed E-state index contributed by atoms with van der Waals surface area (Å²) < 4.78 is 35.9. The van der Waals surface area contributed by atoms with Crippen LogP contribution in [0.25, 0.3) is 33.4 Å². The molecule has 0 amide bonds. The van der Waals surface area contributed by atoms with Gasteiger partial charge in [-0.2, -0.15) is 0 Å². The van der Waals surface area contributed by atoms with E-state index in [0.29, 0.717) is 23.3 Å². The van der Waals surface area contributed by atoms with Crippen molar-refractivity contribution in [3.63, 3.8) is 0 Å². The molecule has 0 unspecified atom stereocenters. The number of halogens is 2. The third-order valence-corrected chi connectivity index (χ3v) is 7.36. The van der Waals surface area contributed by atoms with Crippen molar-refractivity contribution in [2.24, 2.45) is 0 Å². The Morgan fingerprint density at radius 1 is 0.487 bits per heavy atom. The Labute approximate surface area is 232 Å². The van der Waals surface area contributed by atoms with Crippen molar-refractivity contribution in [2.75, 3.05) is 6.61 Å². The molecule has 0 heterocycles. The zero-order valence-corrected chi connectivity index (χ0v) is 23.3. The van der Waals surface area contributed by atoms with Gasteiger partial charge in [-0.05, 0) is 59.7 Å². The van der Waals surface area contributed by atoms with Gasteiger partial charge in [0.1, 0.15) is 5.75 Å². The predicted octanol–water partition coefficient (Wildman–Crippen LogP) is 11.0. The molecule has 204 valence electrons. The molecule has 0 N–H and O–H groups in total. The van der Waals surface area contributed by atoms with Gasteiger partial charge in [0, 0.05) is 11.1 Å². The molecule has 4 aromatic carbocycles. The molecule has 4 aromatic rings. The highest BCUT2D eigenvalue weighted by Crippen LogP contribution is 2.33. The minimum Gasteiger partial charge on any atom is -0.494 e. The molecule has 0 aliphatic rings. The van der Waals surface area contributed by atoms with Gasteiger partial charge in [-0.3, -0.25) is 0 Å². The van der Waals surface area contributed by atoms with E-state index in [-0.39, 0.29) is 5.56 Å². The van der Waals surface area contributed by atoms with Gasteiger partial charge in [0.2, 0.25) is 0 Å². The van der Waals surface area contributed by atoms with Crippen molar-refractivity contribution in [2.45, 2.75) is 71.6 Å². The van der Waals surface area contributed by atoms with E-state index in [2.05, 4.69) is 6.92 Å². The molecule has 1 nitrogen and oxygen atoms in total. The van der Waals surface area contributed by atoms with E-state index in [1.165, 1.54) is 56.9 Å². The number of ether oxygens (including phenoxy) is 1. The maximum absolute atomic E-state index is 15.2. The second kappa shape index (κ2) is 14.6. The number of benzene rings is 4. The average Bonchev–Trinajstić information content (AvgIpc) is 2.97. The van der Waals surface area contributed by atoms with Gasteiger partial charge in [0.15, 0.2) is 11.6 Å². The first kappa shape index (κ1) is 28.5. The Morgan fingerprint density at radius 3 is 1.44 bits per heavy atom. The summed E-state index contributed by atoms with van der Waals surface area (Å²) in [6.45, 7) is 4.83. The molecule has 39 heavy (non-hydrogen) atoms. The maximum atomic E-state index is 15.2. The van der Waals surface area contributed by atoms with E-state index in [1.54, 1.807) is 12.1 Å². The molecule has 0 aliphatic heterocycles. The number of unbranched alkanes of at least 4 members (excludes halogenated alkanes) is 7. The fourth-order valence-electron chi connectivity index (χ4n) is 5.06. The lowest BCUT2D eigenvalue weighted by Crippen LogP contribution is -1.94. The van der Waals surface area contributed by atoms with E-state index in [1.807, 2.05) is 79.7 Å². The molecule has 0 spiro atoms. The van der Waals surface area contributed by atoms with Crippen molar-refractivity contribution in [3.8, 4) is 39.1 Å². The maximum Gasteiger partial charge on any atom is 0.167 e. The van der Waals surface area contributed by atoms with Crippen molar-refractivity contribution in [3.05, 3.63) is 102 Å². The molecule has 0 fully saturated rings. The van der Waals surface area contributed by atoms with Gasteiger partial charge in [0.25, 0.3) is 0 Å². The van der Waals surface area contributed by atoms with E-state index in [0.717, 1.165) is 23.3 Å². The zero-order chi connectivity index (χ0) is 27.5. The molecule has 0 atom stereocenters. The Hall–Kier alpha value is -3.46. The second-order valence-electron chi connectivity index (χ2n) is 10.2. The minimum atomic E-state index is -0.815. The smallest absolute Gasteiger partial charge is 0.167 e. The van der Waals surface area contributed by atoms with Gasteiger partial charge < -0.3 is 4.74 Å². The van der Waals surface area contributed by atoms with Gasteiger partial charge >= 0.3 is 0 Å². The van der Waals surface area contributed by atoms with E-state index < -0.39 is 11.6 Å². The van der Waals surface area contributed by atoms with Crippen LogP contribution in [0, 0.1) is 11.6 Å². The number of hydrogen-bond acceptors (Lipinski definition) is 1. The molecular weight excluding hydrogens is 486 g/mol. The lowest BCUT2D eigenvalue weighted by atomic mass is 9.96. The molecule has 0 saturated heterocycles. The number of aryl methyl sites for hydroxylation is 1. The summed E-state index contributed by atoms with van der Waals surface area (Å²) in [5, 5.41) is 0. The summed E-state index contributed by atoms with van der Waals surface area (Å²) in [5.41, 5.74) is 5.19.